The van der Waals surface area contributed by atoms with Crippen LogP contribution in [0.4, 0.5) is 0 Å². The normalized spacial score (nSPS) is 11.5. The number of pyridine rings is 1. The van der Waals surface area contributed by atoms with Gasteiger partial charge in [0.05, 0.1) is 11.4 Å². The maximum absolute atomic E-state index is 5.45. The molecule has 1 heteroatoms. The molecule has 0 fully saturated rings. The molecule has 10 rings (SSSR count). The Labute approximate surface area is 304 Å². The van der Waals surface area contributed by atoms with Crippen LogP contribution in [-0.2, 0) is 0 Å². The quantitative estimate of drug-likeness (QED) is 0.173. The Morgan fingerprint density at radius 1 is 0.269 bits per heavy atom. The molecule has 0 bridgehead atoms. The Morgan fingerprint density at radius 2 is 0.750 bits per heavy atom. The molecule has 0 aliphatic heterocycles. The van der Waals surface area contributed by atoms with Gasteiger partial charge in [0.15, 0.2) is 0 Å². The second kappa shape index (κ2) is 12.5. The van der Waals surface area contributed by atoms with Crippen molar-refractivity contribution < 1.29 is 0 Å². The topological polar surface area (TPSA) is 12.9 Å². The summed E-state index contributed by atoms with van der Waals surface area (Å²) in [6, 6.07) is 72.1. The molecule has 0 unspecified atom stereocenters. The summed E-state index contributed by atoms with van der Waals surface area (Å²) in [5, 5.41) is 2.63. The number of aromatic nitrogens is 1. The summed E-state index contributed by atoms with van der Waals surface area (Å²) in [5.74, 6) is 0. The summed E-state index contributed by atoms with van der Waals surface area (Å²) in [6.45, 7) is 0. The van der Waals surface area contributed by atoms with Crippen LogP contribution < -0.4 is 0 Å². The molecule has 242 valence electrons. The van der Waals surface area contributed by atoms with Gasteiger partial charge >= 0.3 is 0 Å². The van der Waals surface area contributed by atoms with Gasteiger partial charge in [-0.05, 0) is 84.1 Å². The minimum Gasteiger partial charge on any atom is -0.247 e. The highest BCUT2D eigenvalue weighted by atomic mass is 14.7. The van der Waals surface area contributed by atoms with E-state index in [1.54, 1.807) is 0 Å². The van der Waals surface area contributed by atoms with E-state index in [9.17, 15) is 0 Å². The average Bonchev–Trinajstić information content (AvgIpc) is 3.56. The number of nitrogens with zero attached hydrogens (tertiary/aromatic N) is 1. The first kappa shape index (κ1) is 30.0. The fourth-order valence-corrected chi connectivity index (χ4v) is 8.09. The van der Waals surface area contributed by atoms with Crippen LogP contribution in [0, 0.1) is 0 Å². The minimum atomic E-state index is 0.954. The monoisotopic (exact) mass is 659 g/mol. The summed E-state index contributed by atoms with van der Waals surface area (Å²) >= 11 is 0. The van der Waals surface area contributed by atoms with Gasteiger partial charge in [-0.25, -0.2) is 4.98 Å². The molecular weight excluding hydrogens is 627 g/mol. The lowest BCUT2D eigenvalue weighted by molar-refractivity contribution is 1.32. The number of rotatable bonds is 6. The predicted molar refractivity (Wildman–Crippen MR) is 219 cm³/mol. The largest absolute Gasteiger partial charge is 0.247 e. The van der Waals surface area contributed by atoms with Gasteiger partial charge in [-0.1, -0.05) is 188 Å². The van der Waals surface area contributed by atoms with Crippen molar-refractivity contribution in [2.75, 3.05) is 0 Å². The Bertz CT molecular complexity index is 2670. The maximum atomic E-state index is 5.45. The van der Waals surface area contributed by atoms with Gasteiger partial charge in [0, 0.05) is 16.7 Å². The molecule has 0 saturated heterocycles. The van der Waals surface area contributed by atoms with Gasteiger partial charge in [-0.15, -0.1) is 0 Å². The zero-order chi connectivity index (χ0) is 34.4. The molecule has 0 saturated carbocycles. The fourth-order valence-electron chi connectivity index (χ4n) is 8.09. The van der Waals surface area contributed by atoms with Gasteiger partial charge in [0.1, 0.15) is 0 Å². The van der Waals surface area contributed by atoms with E-state index in [2.05, 4.69) is 200 Å². The van der Waals surface area contributed by atoms with Crippen LogP contribution in [0.2, 0.25) is 0 Å². The molecule has 1 aromatic heterocycles. The van der Waals surface area contributed by atoms with Gasteiger partial charge < -0.3 is 0 Å². The number of hydrogen-bond donors (Lipinski definition) is 0. The third-order valence-electron chi connectivity index (χ3n) is 10.5. The van der Waals surface area contributed by atoms with Crippen LogP contribution in [0.1, 0.15) is 0 Å². The van der Waals surface area contributed by atoms with E-state index in [0.29, 0.717) is 0 Å². The Hall–Kier alpha value is -6.83. The summed E-state index contributed by atoms with van der Waals surface area (Å²) in [5.41, 5.74) is 18.8. The Balaban J connectivity index is 1.19. The maximum Gasteiger partial charge on any atom is 0.0794 e. The molecule has 1 heterocycles. The van der Waals surface area contributed by atoms with E-state index in [-0.39, 0.29) is 0 Å². The van der Waals surface area contributed by atoms with Crippen LogP contribution in [0.25, 0.3) is 100 Å². The lowest BCUT2D eigenvalue weighted by atomic mass is 9.85. The van der Waals surface area contributed by atoms with Crippen molar-refractivity contribution in [3.05, 3.63) is 200 Å². The molecule has 9 aromatic rings. The molecule has 0 atom stereocenters. The zero-order valence-corrected chi connectivity index (χ0v) is 28.5. The molecule has 1 aliphatic rings. The van der Waals surface area contributed by atoms with Gasteiger partial charge in [0.2, 0.25) is 0 Å². The van der Waals surface area contributed by atoms with Gasteiger partial charge in [0.25, 0.3) is 0 Å². The molecule has 0 spiro atoms. The van der Waals surface area contributed by atoms with Crippen molar-refractivity contribution in [3.63, 3.8) is 0 Å². The van der Waals surface area contributed by atoms with Crippen molar-refractivity contribution in [3.8, 4) is 89.3 Å². The molecule has 0 N–H and O–H groups in total. The fraction of sp³-hybridized carbons (Fsp3) is 0. The first-order chi connectivity index (χ1) is 25.8. The third kappa shape index (κ3) is 4.98. The lowest BCUT2D eigenvalue weighted by Gasteiger charge is -2.20. The smallest absolute Gasteiger partial charge is 0.0794 e. The first-order valence-electron chi connectivity index (χ1n) is 17.9. The summed E-state index contributed by atoms with van der Waals surface area (Å²) in [7, 11) is 0. The molecule has 52 heavy (non-hydrogen) atoms. The Morgan fingerprint density at radius 3 is 1.44 bits per heavy atom. The van der Waals surface area contributed by atoms with Crippen LogP contribution >= 0.6 is 0 Å². The van der Waals surface area contributed by atoms with Gasteiger partial charge in [-0.2, -0.15) is 0 Å². The van der Waals surface area contributed by atoms with E-state index in [0.717, 1.165) is 44.8 Å². The van der Waals surface area contributed by atoms with Crippen molar-refractivity contribution in [2.45, 2.75) is 0 Å². The molecule has 0 radical (unpaired) electrons. The first-order valence-corrected chi connectivity index (χ1v) is 17.9. The molecular formula is C51H33N. The van der Waals surface area contributed by atoms with E-state index in [1.807, 2.05) is 0 Å². The number of fused-ring (bicyclic) bond motifs is 3. The summed E-state index contributed by atoms with van der Waals surface area (Å²) in [6.07, 6.45) is 0. The van der Waals surface area contributed by atoms with E-state index < -0.39 is 0 Å². The predicted octanol–water partition coefficient (Wildman–Crippen LogP) is 13.9. The number of hydrogen-bond acceptors (Lipinski definition) is 1. The zero-order valence-electron chi connectivity index (χ0n) is 28.5. The summed E-state index contributed by atoms with van der Waals surface area (Å²) < 4.78 is 0. The highest BCUT2D eigenvalue weighted by Gasteiger charge is 2.24. The van der Waals surface area contributed by atoms with E-state index in [1.165, 1.54) is 55.3 Å². The van der Waals surface area contributed by atoms with Crippen molar-refractivity contribution in [2.24, 2.45) is 0 Å². The second-order valence-corrected chi connectivity index (χ2v) is 13.4. The van der Waals surface area contributed by atoms with Crippen molar-refractivity contribution in [1.29, 1.82) is 0 Å². The molecule has 1 aliphatic carbocycles. The van der Waals surface area contributed by atoms with Crippen LogP contribution in [0.3, 0.4) is 0 Å². The summed E-state index contributed by atoms with van der Waals surface area (Å²) in [4.78, 5) is 5.45. The molecule has 0 amide bonds. The molecule has 1 nitrogen and oxygen atoms in total. The van der Waals surface area contributed by atoms with E-state index >= 15 is 0 Å². The van der Waals surface area contributed by atoms with Crippen molar-refractivity contribution >= 4 is 10.8 Å². The average molecular weight is 660 g/mol. The van der Waals surface area contributed by atoms with Gasteiger partial charge in [-0.3, -0.25) is 0 Å². The van der Waals surface area contributed by atoms with E-state index in [4.69, 9.17) is 4.98 Å². The van der Waals surface area contributed by atoms with Crippen LogP contribution in [0.15, 0.2) is 200 Å². The minimum absolute atomic E-state index is 0.954. The highest BCUT2D eigenvalue weighted by Crippen LogP contribution is 2.50. The highest BCUT2D eigenvalue weighted by molar-refractivity contribution is 6.18. The second-order valence-electron chi connectivity index (χ2n) is 13.4. The molecule has 8 aromatic carbocycles. The lowest BCUT2D eigenvalue weighted by Crippen LogP contribution is -1.98. The third-order valence-corrected chi connectivity index (χ3v) is 10.5. The van der Waals surface area contributed by atoms with Crippen LogP contribution in [0.5, 0.6) is 0 Å². The van der Waals surface area contributed by atoms with Crippen molar-refractivity contribution in [1.82, 2.24) is 4.98 Å². The standard InChI is InChI=1S/C51H33N/c1-4-16-34(17-5-1)47-33-48(35-18-6-2-7-19-35)52-51(36-20-8-3-9-21-36)50(47)44-27-13-10-24-39(44)37-22-14-23-38(32-37)40-30-31-46-42-26-12-11-25-41(42)45-29-15-28-43(40)49(45)46/h1-33H. The SMILES string of the molecule is c1ccc(-c2cc(-c3ccccc3)c(-c3ccccc3-c3cccc(-c4ccc5c6c(cccc46)-c4ccccc4-5)c3)c(-c3ccccc3)n2)cc1. The Kier molecular flexibility index (Phi) is 7.22. The van der Waals surface area contributed by atoms with Crippen LogP contribution in [-0.4, -0.2) is 4.98 Å². The number of benzene rings is 8.